The Labute approximate surface area is 102 Å². The fourth-order valence-electron chi connectivity index (χ4n) is 1.21. The van der Waals surface area contributed by atoms with E-state index in [0.717, 1.165) is 8.58 Å². The smallest absolute Gasteiger partial charge is 0.00848 e. The van der Waals surface area contributed by atoms with Crippen LogP contribution in [0.4, 0.5) is 0 Å². The Morgan fingerprint density at radius 2 is 1.00 bits per heavy atom. The Morgan fingerprint density at radius 1 is 0.667 bits per heavy atom. The summed E-state index contributed by atoms with van der Waals surface area (Å²) in [5, 5.41) is 2.79. The minimum atomic E-state index is 0.777. The first-order valence-electron chi connectivity index (χ1n) is 4.70. The van der Waals surface area contributed by atoms with Gasteiger partial charge in [0.15, 0.2) is 0 Å². The number of rotatable bonds is 2. The molecule has 0 aromatic heterocycles. The van der Waals surface area contributed by atoms with Crippen LogP contribution in [0.15, 0.2) is 60.7 Å². The lowest BCUT2D eigenvalue weighted by Crippen LogP contribution is -2.01. The Bertz CT molecular complexity index is 321. The van der Waals surface area contributed by atoms with Crippen LogP contribution in [0, 0.1) is 0 Å². The summed E-state index contributed by atoms with van der Waals surface area (Å²) < 4.78 is 0. The monoisotopic (exact) mass is 280 g/mol. The highest BCUT2D eigenvalue weighted by Crippen LogP contribution is 2.08. The van der Waals surface area contributed by atoms with Crippen molar-refractivity contribution < 1.29 is 0 Å². The highest BCUT2D eigenvalue weighted by molar-refractivity contribution is 9.08. The molecule has 0 atom stereocenters. The normalized spacial score (nSPS) is 8.93. The summed E-state index contributed by atoms with van der Waals surface area (Å²) in [6.07, 6.45) is 0. The molecule has 0 unspecified atom stereocenters. The first-order valence-corrected chi connectivity index (χ1v) is 7.29. The van der Waals surface area contributed by atoms with Crippen LogP contribution in [0.25, 0.3) is 0 Å². The highest BCUT2D eigenvalue weighted by atomic mass is 79.9. The Kier molecular flexibility index (Phi) is 6.31. The third-order valence-corrected chi connectivity index (χ3v) is 3.08. The molecule has 0 heterocycles. The first kappa shape index (κ1) is 12.4. The molecule has 0 aliphatic heterocycles. The molecule has 0 nitrogen and oxygen atoms in total. The van der Waals surface area contributed by atoms with Gasteiger partial charge >= 0.3 is 0 Å². The molecule has 0 bridgehead atoms. The molecule has 2 heteroatoms. The summed E-state index contributed by atoms with van der Waals surface area (Å²) in [6.45, 7) is 0. The van der Waals surface area contributed by atoms with E-state index in [1.807, 2.05) is 5.83 Å². The van der Waals surface area contributed by atoms with Crippen LogP contribution in [0.2, 0.25) is 0 Å². The van der Waals surface area contributed by atoms with E-state index in [0.29, 0.717) is 0 Å². The lowest BCUT2D eigenvalue weighted by atomic mass is 10.4. The first-order chi connectivity index (χ1) is 7.45. The van der Waals surface area contributed by atoms with Gasteiger partial charge in [-0.3, -0.25) is 0 Å². The van der Waals surface area contributed by atoms with E-state index < -0.39 is 0 Å². The van der Waals surface area contributed by atoms with Crippen LogP contribution in [-0.4, -0.2) is 5.83 Å². The fourth-order valence-corrected chi connectivity index (χ4v) is 2.26. The largest absolute Gasteiger partial charge is 0.0966 e. The average molecular weight is 281 g/mol. The maximum absolute atomic E-state index is 2.94. The standard InChI is InChI=1S/C12H11P.CH3Br/c1-3-7-11(8-4-1)13-12-9-5-2-6-10-12;1-2/h1-10,13H;1H3. The van der Waals surface area contributed by atoms with Gasteiger partial charge in [0.25, 0.3) is 0 Å². The third-order valence-electron chi connectivity index (χ3n) is 1.84. The Hall–Kier alpha value is -0.650. The van der Waals surface area contributed by atoms with Crippen molar-refractivity contribution in [2.24, 2.45) is 0 Å². The minimum absolute atomic E-state index is 0.777. The lowest BCUT2D eigenvalue weighted by Gasteiger charge is -2.00. The maximum atomic E-state index is 2.94. The molecular weight excluding hydrogens is 267 g/mol. The van der Waals surface area contributed by atoms with Crippen LogP contribution in [0.3, 0.4) is 0 Å². The van der Waals surface area contributed by atoms with E-state index in [1.54, 1.807) is 0 Å². The fraction of sp³-hybridized carbons (Fsp3) is 0.0769. The molecule has 2 aromatic rings. The van der Waals surface area contributed by atoms with Crippen molar-refractivity contribution in [2.45, 2.75) is 0 Å². The van der Waals surface area contributed by atoms with Gasteiger partial charge in [-0.25, -0.2) is 0 Å². The van der Waals surface area contributed by atoms with E-state index in [2.05, 4.69) is 76.6 Å². The number of hydrogen-bond acceptors (Lipinski definition) is 0. The molecule has 0 aliphatic carbocycles. The molecule has 0 saturated heterocycles. The van der Waals surface area contributed by atoms with Crippen LogP contribution in [0.5, 0.6) is 0 Å². The van der Waals surface area contributed by atoms with Crippen molar-refractivity contribution in [3.8, 4) is 0 Å². The molecule has 2 aromatic carbocycles. The third kappa shape index (κ3) is 4.59. The molecule has 0 N–H and O–H groups in total. The molecule has 15 heavy (non-hydrogen) atoms. The summed E-state index contributed by atoms with van der Waals surface area (Å²) in [6, 6.07) is 21.2. The predicted molar refractivity (Wildman–Crippen MR) is 75.3 cm³/mol. The van der Waals surface area contributed by atoms with E-state index in [4.69, 9.17) is 0 Å². The summed E-state index contributed by atoms with van der Waals surface area (Å²) in [7, 11) is 0.777. The summed E-state index contributed by atoms with van der Waals surface area (Å²) >= 11 is 2.94. The zero-order valence-corrected chi connectivity index (χ0v) is 11.2. The van der Waals surface area contributed by atoms with E-state index in [1.165, 1.54) is 10.6 Å². The second-order valence-corrected chi connectivity index (χ2v) is 4.26. The summed E-state index contributed by atoms with van der Waals surface area (Å²) in [5.41, 5.74) is 0. The minimum Gasteiger partial charge on any atom is -0.0966 e. The van der Waals surface area contributed by atoms with Gasteiger partial charge in [0, 0.05) is 0 Å². The maximum Gasteiger partial charge on any atom is -0.00848 e. The molecular formula is C13H14BrP. The van der Waals surface area contributed by atoms with Gasteiger partial charge in [-0.2, -0.15) is 0 Å². The second kappa shape index (κ2) is 7.62. The quantitative estimate of drug-likeness (QED) is 0.585. The van der Waals surface area contributed by atoms with Gasteiger partial charge in [0.05, 0.1) is 0 Å². The van der Waals surface area contributed by atoms with Gasteiger partial charge in [0.2, 0.25) is 0 Å². The SMILES string of the molecule is CBr.c1ccc(Pc2ccccc2)cc1. The van der Waals surface area contributed by atoms with Crippen molar-refractivity contribution in [1.82, 2.24) is 0 Å². The molecule has 0 fully saturated rings. The van der Waals surface area contributed by atoms with Crippen molar-refractivity contribution in [3.05, 3.63) is 60.7 Å². The second-order valence-electron chi connectivity index (χ2n) is 2.86. The zero-order chi connectivity index (χ0) is 10.9. The molecule has 0 saturated carbocycles. The van der Waals surface area contributed by atoms with Crippen LogP contribution in [-0.2, 0) is 0 Å². The van der Waals surface area contributed by atoms with Gasteiger partial charge in [-0.1, -0.05) is 85.2 Å². The molecule has 0 amide bonds. The van der Waals surface area contributed by atoms with Gasteiger partial charge in [-0.05, 0) is 16.4 Å². The van der Waals surface area contributed by atoms with Gasteiger partial charge < -0.3 is 0 Å². The van der Waals surface area contributed by atoms with Crippen molar-refractivity contribution >= 4 is 35.1 Å². The van der Waals surface area contributed by atoms with E-state index >= 15 is 0 Å². The van der Waals surface area contributed by atoms with Crippen LogP contribution < -0.4 is 10.6 Å². The van der Waals surface area contributed by atoms with E-state index in [-0.39, 0.29) is 0 Å². The summed E-state index contributed by atoms with van der Waals surface area (Å²) in [4.78, 5) is 0. The highest BCUT2D eigenvalue weighted by Gasteiger charge is 1.92. The van der Waals surface area contributed by atoms with Crippen LogP contribution in [0.1, 0.15) is 0 Å². The van der Waals surface area contributed by atoms with Crippen molar-refractivity contribution in [2.75, 3.05) is 5.83 Å². The van der Waals surface area contributed by atoms with Gasteiger partial charge in [0.1, 0.15) is 0 Å². The summed E-state index contributed by atoms with van der Waals surface area (Å²) in [5.74, 6) is 1.81. The molecule has 0 spiro atoms. The average Bonchev–Trinajstić information content (AvgIpc) is 2.34. The number of alkyl halides is 1. The van der Waals surface area contributed by atoms with Gasteiger partial charge in [-0.15, -0.1) is 0 Å². The molecule has 78 valence electrons. The van der Waals surface area contributed by atoms with Crippen molar-refractivity contribution in [3.63, 3.8) is 0 Å². The number of benzene rings is 2. The topological polar surface area (TPSA) is 0 Å². The molecule has 0 aliphatic rings. The lowest BCUT2D eigenvalue weighted by molar-refractivity contribution is 1.76. The van der Waals surface area contributed by atoms with Crippen LogP contribution >= 0.6 is 24.5 Å². The molecule has 0 radical (unpaired) electrons. The Balaban J connectivity index is 0.000000531. The number of hydrogen-bond donors (Lipinski definition) is 0. The molecule has 2 rings (SSSR count). The Morgan fingerprint density at radius 3 is 1.33 bits per heavy atom. The van der Waals surface area contributed by atoms with E-state index in [9.17, 15) is 0 Å². The predicted octanol–water partition coefficient (Wildman–Crippen LogP) is 3.33. The van der Waals surface area contributed by atoms with Crippen molar-refractivity contribution in [1.29, 1.82) is 0 Å². The zero-order valence-electron chi connectivity index (χ0n) is 8.65. The number of halogens is 1.